The number of phenols is 1. The van der Waals surface area contributed by atoms with Crippen LogP contribution in [0, 0.1) is 5.92 Å². The minimum atomic E-state index is -1.61. The van der Waals surface area contributed by atoms with Crippen LogP contribution in [0.2, 0.25) is 0 Å². The molecular formula is C22H22O10. The van der Waals surface area contributed by atoms with E-state index < -0.39 is 29.2 Å². The van der Waals surface area contributed by atoms with Crippen LogP contribution in [-0.2, 0) is 23.9 Å². The summed E-state index contributed by atoms with van der Waals surface area (Å²) in [5.41, 5.74) is -0.0613. The van der Waals surface area contributed by atoms with Gasteiger partial charge in [0.1, 0.15) is 5.92 Å². The summed E-state index contributed by atoms with van der Waals surface area (Å²) < 4.78 is 20.1. The lowest BCUT2D eigenvalue weighted by Gasteiger charge is -2.16. The summed E-state index contributed by atoms with van der Waals surface area (Å²) in [6.45, 7) is 0. The van der Waals surface area contributed by atoms with Crippen LogP contribution >= 0.6 is 0 Å². The minimum Gasteiger partial charge on any atom is -0.502 e. The smallest absolute Gasteiger partial charge is 0.332 e. The normalized spacial score (nSPS) is 14.7. The number of Topliss-reactive ketones (excluding diaryl/α,β-unsaturated/α-hetero) is 1. The number of phenolic OH excluding ortho intramolecular Hbond substituents is 1. The van der Waals surface area contributed by atoms with Gasteiger partial charge in [0.15, 0.2) is 23.0 Å². The van der Waals surface area contributed by atoms with Crippen molar-refractivity contribution in [2.75, 3.05) is 28.4 Å². The van der Waals surface area contributed by atoms with E-state index in [9.17, 15) is 29.7 Å². The van der Waals surface area contributed by atoms with Gasteiger partial charge < -0.3 is 34.3 Å². The number of ketones is 1. The van der Waals surface area contributed by atoms with Crippen LogP contribution in [0.5, 0.6) is 17.2 Å². The molecule has 32 heavy (non-hydrogen) atoms. The molecule has 0 amide bonds. The zero-order chi connectivity index (χ0) is 24.0. The maximum atomic E-state index is 12.1. The molecule has 0 aliphatic heterocycles. The fourth-order valence-electron chi connectivity index (χ4n) is 2.94. The second-order valence-electron chi connectivity index (χ2n) is 6.42. The van der Waals surface area contributed by atoms with E-state index in [0.717, 1.165) is 12.2 Å². The Balaban J connectivity index is 2.64. The van der Waals surface area contributed by atoms with Gasteiger partial charge in [-0.05, 0) is 41.5 Å². The van der Waals surface area contributed by atoms with Crippen LogP contribution in [0.1, 0.15) is 5.56 Å². The van der Waals surface area contributed by atoms with Gasteiger partial charge in [0.2, 0.25) is 5.75 Å². The number of aromatic hydroxyl groups is 1. The van der Waals surface area contributed by atoms with Gasteiger partial charge in [0.05, 0.1) is 34.0 Å². The zero-order valence-corrected chi connectivity index (χ0v) is 17.7. The molecule has 0 saturated heterocycles. The highest BCUT2D eigenvalue weighted by Gasteiger charge is 2.28. The van der Waals surface area contributed by atoms with Crippen LogP contribution in [0.25, 0.3) is 6.08 Å². The highest BCUT2D eigenvalue weighted by atomic mass is 16.5. The Kier molecular flexibility index (Phi) is 7.67. The van der Waals surface area contributed by atoms with E-state index in [1.165, 1.54) is 52.7 Å². The van der Waals surface area contributed by atoms with Gasteiger partial charge in [-0.15, -0.1) is 0 Å². The highest BCUT2D eigenvalue weighted by Crippen LogP contribution is 2.38. The molecule has 1 aliphatic rings. The fourth-order valence-corrected chi connectivity index (χ4v) is 2.94. The van der Waals surface area contributed by atoms with Crippen LogP contribution in [0.3, 0.4) is 0 Å². The number of ether oxygens (including phenoxy) is 4. The summed E-state index contributed by atoms with van der Waals surface area (Å²) in [5, 5.41) is 29.5. The van der Waals surface area contributed by atoms with Crippen molar-refractivity contribution in [1.82, 2.24) is 0 Å². The second-order valence-corrected chi connectivity index (χ2v) is 6.42. The Morgan fingerprint density at radius 1 is 0.906 bits per heavy atom. The monoisotopic (exact) mass is 446 g/mol. The molecule has 3 N–H and O–H groups in total. The van der Waals surface area contributed by atoms with Crippen molar-refractivity contribution in [2.45, 2.75) is 0 Å². The first kappa shape index (κ1) is 24.1. The van der Waals surface area contributed by atoms with E-state index in [2.05, 4.69) is 0 Å². The molecule has 0 fully saturated rings. The molecule has 1 aromatic carbocycles. The number of carboxylic acids is 2. The number of allylic oxidation sites excluding steroid dienone is 3. The number of aliphatic carboxylic acids is 2. The first-order valence-electron chi connectivity index (χ1n) is 9.07. The lowest BCUT2D eigenvalue weighted by molar-refractivity contribution is -0.142. The molecule has 0 heterocycles. The number of methoxy groups -OCH3 is 4. The van der Waals surface area contributed by atoms with Gasteiger partial charge in [-0.2, -0.15) is 0 Å². The first-order chi connectivity index (χ1) is 15.2. The molecule has 170 valence electrons. The number of hydrogen-bond acceptors (Lipinski definition) is 8. The van der Waals surface area contributed by atoms with Crippen LogP contribution < -0.4 is 9.47 Å². The molecule has 0 bridgehead atoms. The lowest BCUT2D eigenvalue weighted by Crippen LogP contribution is -2.21. The van der Waals surface area contributed by atoms with E-state index in [4.69, 9.17) is 18.9 Å². The summed E-state index contributed by atoms with van der Waals surface area (Å²) in [4.78, 5) is 36.0. The number of carboxylic acid groups (broad SMARTS) is 2. The van der Waals surface area contributed by atoms with Crippen molar-refractivity contribution >= 4 is 23.8 Å². The number of benzene rings is 1. The van der Waals surface area contributed by atoms with Gasteiger partial charge in [-0.3, -0.25) is 9.59 Å². The number of rotatable bonds is 9. The summed E-state index contributed by atoms with van der Waals surface area (Å²) in [6.07, 6.45) is 4.85. The van der Waals surface area contributed by atoms with Crippen molar-refractivity contribution in [3.63, 3.8) is 0 Å². The Hall–Kier alpha value is -4.21. The first-order valence-corrected chi connectivity index (χ1v) is 9.07. The summed E-state index contributed by atoms with van der Waals surface area (Å²) in [6, 6.07) is 2.66. The van der Waals surface area contributed by atoms with Crippen molar-refractivity contribution < 1.29 is 48.7 Å². The standard InChI is InChI=1S/C22H22O10/c1-29-15-7-11(8-16(30-2)19(15)23)5-13(21(25)26)14(22(27)28)6-12-9-17(31-3)20(24)18(10-12)32-4/h5-10,13,24H,1-4H3,(H,25,26)(H,27,28)/b14-6-. The Labute approximate surface area is 183 Å². The molecule has 1 aliphatic carbocycles. The molecule has 0 saturated carbocycles. The van der Waals surface area contributed by atoms with Crippen LogP contribution in [-0.4, -0.2) is 61.5 Å². The van der Waals surface area contributed by atoms with Crippen molar-refractivity contribution in [1.29, 1.82) is 0 Å². The molecule has 0 spiro atoms. The maximum Gasteiger partial charge on any atom is 0.332 e. The van der Waals surface area contributed by atoms with Crippen molar-refractivity contribution in [2.24, 2.45) is 5.92 Å². The van der Waals surface area contributed by atoms with E-state index in [1.807, 2.05) is 0 Å². The summed E-state index contributed by atoms with van der Waals surface area (Å²) >= 11 is 0. The van der Waals surface area contributed by atoms with Gasteiger partial charge in [-0.1, -0.05) is 6.08 Å². The third-order valence-electron chi connectivity index (χ3n) is 4.51. The number of carbonyl (C=O) groups excluding carboxylic acids is 1. The average molecular weight is 446 g/mol. The molecular weight excluding hydrogens is 424 g/mol. The fraction of sp³-hybridized carbons (Fsp3) is 0.227. The topological polar surface area (TPSA) is 149 Å². The Morgan fingerprint density at radius 3 is 1.78 bits per heavy atom. The summed E-state index contributed by atoms with van der Waals surface area (Å²) in [5.74, 6) is -5.51. The van der Waals surface area contributed by atoms with Gasteiger partial charge in [0.25, 0.3) is 5.78 Å². The van der Waals surface area contributed by atoms with Crippen molar-refractivity contribution in [3.8, 4) is 17.2 Å². The predicted molar refractivity (Wildman–Crippen MR) is 111 cm³/mol. The highest BCUT2D eigenvalue weighted by molar-refractivity contribution is 6.07. The number of carbonyl (C=O) groups is 3. The number of hydrogen-bond donors (Lipinski definition) is 3. The van der Waals surface area contributed by atoms with E-state index in [0.29, 0.717) is 0 Å². The van der Waals surface area contributed by atoms with E-state index in [-0.39, 0.29) is 39.9 Å². The molecule has 1 unspecified atom stereocenters. The summed E-state index contributed by atoms with van der Waals surface area (Å²) in [7, 11) is 5.13. The lowest BCUT2D eigenvalue weighted by atomic mass is 9.92. The van der Waals surface area contributed by atoms with Crippen molar-refractivity contribution in [3.05, 3.63) is 58.6 Å². The molecule has 10 nitrogen and oxygen atoms in total. The van der Waals surface area contributed by atoms with Crippen LogP contribution in [0.15, 0.2) is 53.0 Å². The molecule has 0 aromatic heterocycles. The largest absolute Gasteiger partial charge is 0.502 e. The van der Waals surface area contributed by atoms with Gasteiger partial charge in [0, 0.05) is 0 Å². The van der Waals surface area contributed by atoms with Gasteiger partial charge >= 0.3 is 11.9 Å². The third-order valence-corrected chi connectivity index (χ3v) is 4.51. The second kappa shape index (κ2) is 10.2. The Bertz CT molecular complexity index is 1010. The average Bonchev–Trinajstić information content (AvgIpc) is 2.77. The van der Waals surface area contributed by atoms with Gasteiger partial charge in [-0.25, -0.2) is 4.79 Å². The molecule has 2 rings (SSSR count). The quantitative estimate of drug-likeness (QED) is 0.482. The molecule has 1 atom stereocenters. The molecule has 10 heteroatoms. The molecule has 1 aromatic rings. The van der Waals surface area contributed by atoms with E-state index >= 15 is 0 Å². The molecule has 0 radical (unpaired) electrons. The maximum absolute atomic E-state index is 12.1. The SMILES string of the molecule is COC1=CC(=CC(C(=O)O)/C(=C/c2cc(OC)c(O)c(OC)c2)C(=O)O)C=C(OC)C1=O. The van der Waals surface area contributed by atoms with Crippen LogP contribution in [0.4, 0.5) is 0 Å². The Morgan fingerprint density at radius 2 is 1.41 bits per heavy atom. The minimum absolute atomic E-state index is 0.0108. The van der Waals surface area contributed by atoms with E-state index in [1.54, 1.807) is 0 Å². The predicted octanol–water partition coefficient (Wildman–Crippen LogP) is 2.15. The third kappa shape index (κ3) is 5.09. The zero-order valence-electron chi connectivity index (χ0n) is 17.7.